The zero-order valence-electron chi connectivity index (χ0n) is 11.6. The number of fused-ring (bicyclic) bond motifs is 1. The van der Waals surface area contributed by atoms with Crippen molar-refractivity contribution >= 4 is 11.0 Å². The topological polar surface area (TPSA) is 57.6 Å². The van der Waals surface area contributed by atoms with Gasteiger partial charge in [0, 0.05) is 17.6 Å². The Hall–Kier alpha value is -1.36. The lowest BCUT2D eigenvalue weighted by molar-refractivity contribution is -0.0448. The molecule has 1 aromatic carbocycles. The molecule has 2 N–H and O–H groups in total. The summed E-state index contributed by atoms with van der Waals surface area (Å²) in [5, 5.41) is 1.09. The molecule has 1 fully saturated rings. The van der Waals surface area contributed by atoms with Crippen molar-refractivity contribution in [2.24, 2.45) is 5.73 Å². The number of ether oxygens (including phenoxy) is 2. The average Bonchev–Trinajstić information content (AvgIpc) is 2.87. The normalized spacial score (nSPS) is 19.6. The molecule has 3 rings (SSSR count). The monoisotopic (exact) mass is 275 g/mol. The van der Waals surface area contributed by atoms with Gasteiger partial charge in [0.25, 0.3) is 0 Å². The zero-order valence-corrected chi connectivity index (χ0v) is 11.6. The number of hydrogen-bond donors (Lipinski definition) is 1. The number of nitrogens with two attached hydrogens (primary N) is 1. The van der Waals surface area contributed by atoms with Crippen LogP contribution >= 0.6 is 0 Å². The summed E-state index contributed by atoms with van der Waals surface area (Å²) in [6.07, 6.45) is 3.73. The lowest BCUT2D eigenvalue weighted by Gasteiger charge is -2.22. The maximum absolute atomic E-state index is 5.83. The van der Waals surface area contributed by atoms with Crippen LogP contribution in [0, 0.1) is 0 Å². The van der Waals surface area contributed by atoms with E-state index >= 15 is 0 Å². The van der Waals surface area contributed by atoms with Gasteiger partial charge in [-0.15, -0.1) is 0 Å². The Morgan fingerprint density at radius 3 is 2.95 bits per heavy atom. The molecule has 0 saturated carbocycles. The molecule has 4 nitrogen and oxygen atoms in total. The van der Waals surface area contributed by atoms with Crippen molar-refractivity contribution in [1.29, 1.82) is 0 Å². The van der Waals surface area contributed by atoms with Crippen LogP contribution in [0.4, 0.5) is 0 Å². The number of benzene rings is 1. The van der Waals surface area contributed by atoms with Gasteiger partial charge in [0.05, 0.1) is 25.9 Å². The highest BCUT2D eigenvalue weighted by Gasteiger charge is 2.16. The fourth-order valence-corrected chi connectivity index (χ4v) is 2.70. The van der Waals surface area contributed by atoms with Gasteiger partial charge in [-0.05, 0) is 25.3 Å². The third kappa shape index (κ3) is 2.87. The van der Waals surface area contributed by atoms with Crippen LogP contribution in [0.15, 0.2) is 28.7 Å². The molecule has 20 heavy (non-hydrogen) atoms. The summed E-state index contributed by atoms with van der Waals surface area (Å²) in [7, 11) is 0. The molecule has 0 bridgehead atoms. The molecule has 1 aliphatic heterocycles. The van der Waals surface area contributed by atoms with E-state index in [1.807, 2.05) is 24.3 Å². The SMILES string of the molecule is NCc1oc2ccccc2c1COCC1CCCCO1. The van der Waals surface area contributed by atoms with Crippen LogP contribution in [0.25, 0.3) is 11.0 Å². The summed E-state index contributed by atoms with van der Waals surface area (Å²) < 4.78 is 17.3. The predicted molar refractivity (Wildman–Crippen MR) is 77.4 cm³/mol. The number of furan rings is 1. The van der Waals surface area contributed by atoms with E-state index in [4.69, 9.17) is 19.6 Å². The van der Waals surface area contributed by atoms with E-state index in [1.165, 1.54) is 12.8 Å². The highest BCUT2D eigenvalue weighted by atomic mass is 16.5. The van der Waals surface area contributed by atoms with E-state index in [1.54, 1.807) is 0 Å². The van der Waals surface area contributed by atoms with Crippen LogP contribution in [-0.2, 0) is 22.6 Å². The lowest BCUT2D eigenvalue weighted by Crippen LogP contribution is -2.24. The van der Waals surface area contributed by atoms with Crippen LogP contribution in [-0.4, -0.2) is 19.3 Å². The molecule has 4 heteroatoms. The smallest absolute Gasteiger partial charge is 0.134 e. The summed E-state index contributed by atoms with van der Waals surface area (Å²) in [4.78, 5) is 0. The van der Waals surface area contributed by atoms with Gasteiger partial charge < -0.3 is 19.6 Å². The van der Waals surface area contributed by atoms with Crippen molar-refractivity contribution in [1.82, 2.24) is 0 Å². The summed E-state index contributed by atoms with van der Waals surface area (Å²) in [6.45, 7) is 2.43. The van der Waals surface area contributed by atoms with E-state index in [0.717, 1.165) is 35.3 Å². The molecule has 1 unspecified atom stereocenters. The Balaban J connectivity index is 1.66. The second-order valence-electron chi connectivity index (χ2n) is 5.21. The average molecular weight is 275 g/mol. The molecule has 1 aliphatic rings. The number of para-hydroxylation sites is 1. The fraction of sp³-hybridized carbons (Fsp3) is 0.500. The number of hydrogen-bond acceptors (Lipinski definition) is 4. The molecule has 2 aromatic rings. The van der Waals surface area contributed by atoms with Crippen molar-refractivity contribution in [2.45, 2.75) is 38.5 Å². The minimum absolute atomic E-state index is 0.239. The molecule has 1 saturated heterocycles. The number of rotatable bonds is 5. The van der Waals surface area contributed by atoms with Crippen molar-refractivity contribution < 1.29 is 13.9 Å². The Bertz CT molecular complexity index is 558. The lowest BCUT2D eigenvalue weighted by atomic mass is 10.1. The van der Waals surface area contributed by atoms with Crippen LogP contribution in [0.5, 0.6) is 0 Å². The van der Waals surface area contributed by atoms with Crippen molar-refractivity contribution in [3.63, 3.8) is 0 Å². The third-order valence-electron chi connectivity index (χ3n) is 3.79. The minimum Gasteiger partial charge on any atom is -0.459 e. The zero-order chi connectivity index (χ0) is 13.8. The highest BCUT2D eigenvalue weighted by molar-refractivity contribution is 5.82. The summed E-state index contributed by atoms with van der Waals surface area (Å²) in [5.41, 5.74) is 7.70. The molecule has 2 heterocycles. The fourth-order valence-electron chi connectivity index (χ4n) is 2.70. The molecule has 0 aliphatic carbocycles. The molecule has 1 atom stereocenters. The van der Waals surface area contributed by atoms with Gasteiger partial charge in [0.2, 0.25) is 0 Å². The van der Waals surface area contributed by atoms with Crippen LogP contribution in [0.1, 0.15) is 30.6 Å². The van der Waals surface area contributed by atoms with Crippen molar-refractivity contribution in [2.75, 3.05) is 13.2 Å². The maximum atomic E-state index is 5.83. The Morgan fingerprint density at radius 1 is 1.25 bits per heavy atom. The van der Waals surface area contributed by atoms with E-state index in [2.05, 4.69) is 0 Å². The van der Waals surface area contributed by atoms with Crippen LogP contribution in [0.2, 0.25) is 0 Å². The van der Waals surface area contributed by atoms with Crippen molar-refractivity contribution in [3.05, 3.63) is 35.6 Å². The third-order valence-corrected chi connectivity index (χ3v) is 3.79. The van der Waals surface area contributed by atoms with E-state index in [-0.39, 0.29) is 6.10 Å². The summed E-state index contributed by atoms with van der Waals surface area (Å²) >= 11 is 0. The van der Waals surface area contributed by atoms with Crippen molar-refractivity contribution in [3.8, 4) is 0 Å². The molecule has 0 radical (unpaired) electrons. The highest BCUT2D eigenvalue weighted by Crippen LogP contribution is 2.26. The second-order valence-corrected chi connectivity index (χ2v) is 5.21. The Labute approximate surface area is 118 Å². The molecule has 0 amide bonds. The molecule has 0 spiro atoms. The summed E-state index contributed by atoms with van der Waals surface area (Å²) in [6, 6.07) is 7.98. The van der Waals surface area contributed by atoms with Gasteiger partial charge in [-0.2, -0.15) is 0 Å². The quantitative estimate of drug-likeness (QED) is 0.911. The first kappa shape index (κ1) is 13.6. The predicted octanol–water partition coefficient (Wildman–Crippen LogP) is 2.98. The molecule has 1 aromatic heterocycles. The van der Waals surface area contributed by atoms with Gasteiger partial charge >= 0.3 is 0 Å². The van der Waals surface area contributed by atoms with Crippen LogP contribution in [0.3, 0.4) is 0 Å². The van der Waals surface area contributed by atoms with Gasteiger partial charge in [-0.3, -0.25) is 0 Å². The van der Waals surface area contributed by atoms with E-state index in [0.29, 0.717) is 19.8 Å². The first-order chi connectivity index (χ1) is 9.88. The first-order valence-electron chi connectivity index (χ1n) is 7.27. The first-order valence-corrected chi connectivity index (χ1v) is 7.27. The maximum Gasteiger partial charge on any atom is 0.134 e. The van der Waals surface area contributed by atoms with Gasteiger partial charge in [-0.1, -0.05) is 18.2 Å². The Morgan fingerprint density at radius 2 is 2.15 bits per heavy atom. The molecular weight excluding hydrogens is 254 g/mol. The summed E-state index contributed by atoms with van der Waals surface area (Å²) in [5.74, 6) is 0.816. The standard InChI is InChI=1S/C16H21NO3/c17-9-16-14(13-6-1-2-7-15(13)20-16)11-18-10-12-5-3-4-8-19-12/h1-2,6-7,12H,3-5,8-11,17H2. The molecule has 108 valence electrons. The van der Waals surface area contributed by atoms with E-state index in [9.17, 15) is 0 Å². The Kier molecular flexibility index (Phi) is 4.35. The largest absolute Gasteiger partial charge is 0.459 e. The minimum atomic E-state index is 0.239. The van der Waals surface area contributed by atoms with Crippen LogP contribution < -0.4 is 5.73 Å². The molecular formula is C16H21NO3. The van der Waals surface area contributed by atoms with Gasteiger partial charge in [0.15, 0.2) is 0 Å². The second kappa shape index (κ2) is 6.39. The van der Waals surface area contributed by atoms with Gasteiger partial charge in [0.1, 0.15) is 11.3 Å². The van der Waals surface area contributed by atoms with Gasteiger partial charge in [-0.25, -0.2) is 0 Å². The van der Waals surface area contributed by atoms with E-state index < -0.39 is 0 Å².